The highest BCUT2D eigenvalue weighted by Gasteiger charge is 2.48. The van der Waals surface area contributed by atoms with Gasteiger partial charge >= 0.3 is 5.97 Å². The van der Waals surface area contributed by atoms with Gasteiger partial charge in [-0.2, -0.15) is 0 Å². The number of hydrogen-bond acceptors (Lipinski definition) is 3. The summed E-state index contributed by atoms with van der Waals surface area (Å²) in [7, 11) is 0. The zero-order valence-corrected chi connectivity index (χ0v) is 8.84. The molecule has 1 saturated heterocycles. The van der Waals surface area contributed by atoms with Crippen molar-refractivity contribution in [3.8, 4) is 0 Å². The summed E-state index contributed by atoms with van der Waals surface area (Å²) < 4.78 is 5.15. The highest BCUT2D eigenvalue weighted by molar-refractivity contribution is 5.74. The Labute approximate surface area is 85.2 Å². The van der Waals surface area contributed by atoms with Gasteiger partial charge in [0.05, 0.1) is 12.5 Å². The van der Waals surface area contributed by atoms with E-state index in [1.54, 1.807) is 0 Å². The molecule has 0 aromatic carbocycles. The third kappa shape index (κ3) is 1.54. The molecule has 2 atom stereocenters. The molecule has 2 fully saturated rings. The quantitative estimate of drug-likeness (QED) is 0.679. The van der Waals surface area contributed by atoms with Crippen molar-refractivity contribution in [3.63, 3.8) is 0 Å². The van der Waals surface area contributed by atoms with Crippen LogP contribution in [0.1, 0.15) is 32.6 Å². The second kappa shape index (κ2) is 3.89. The fraction of sp³-hybridized carbons (Fsp3) is 0.909. The van der Waals surface area contributed by atoms with Crippen molar-refractivity contribution in [3.05, 3.63) is 0 Å². The van der Waals surface area contributed by atoms with Crippen LogP contribution in [0.4, 0.5) is 0 Å². The van der Waals surface area contributed by atoms with E-state index in [1.165, 1.54) is 12.8 Å². The normalized spacial score (nSPS) is 36.5. The van der Waals surface area contributed by atoms with E-state index in [0.717, 1.165) is 25.9 Å². The van der Waals surface area contributed by atoms with Gasteiger partial charge in [-0.1, -0.05) is 6.42 Å². The molecule has 1 saturated carbocycles. The Morgan fingerprint density at radius 3 is 3.07 bits per heavy atom. The summed E-state index contributed by atoms with van der Waals surface area (Å²) in [5.74, 6) is 0.200. The zero-order valence-electron chi connectivity index (χ0n) is 8.84. The lowest BCUT2D eigenvalue weighted by atomic mass is 9.77. The fourth-order valence-corrected chi connectivity index (χ4v) is 3.02. The van der Waals surface area contributed by atoms with Crippen LogP contribution in [0.5, 0.6) is 0 Å². The smallest absolute Gasteiger partial charge is 0.309 e. The van der Waals surface area contributed by atoms with Crippen molar-refractivity contribution in [2.45, 2.75) is 32.6 Å². The molecule has 80 valence electrons. The number of ether oxygens (including phenoxy) is 1. The second-order valence-electron chi connectivity index (χ2n) is 4.49. The third-order valence-corrected chi connectivity index (χ3v) is 3.75. The van der Waals surface area contributed by atoms with Crippen LogP contribution in [0.3, 0.4) is 0 Å². The molecule has 2 aliphatic rings. The first-order valence-corrected chi connectivity index (χ1v) is 5.66. The van der Waals surface area contributed by atoms with E-state index >= 15 is 0 Å². The standard InChI is InChI=1S/C11H19NO2/c1-2-14-10(13)9-4-3-5-11(9)6-7-12-8-11/h9,12H,2-8H2,1H3. The van der Waals surface area contributed by atoms with Gasteiger partial charge in [0.25, 0.3) is 0 Å². The van der Waals surface area contributed by atoms with Gasteiger partial charge in [-0.25, -0.2) is 0 Å². The minimum atomic E-state index is 0.0358. The Morgan fingerprint density at radius 1 is 1.57 bits per heavy atom. The summed E-state index contributed by atoms with van der Waals surface area (Å²) in [5.41, 5.74) is 0.242. The summed E-state index contributed by atoms with van der Waals surface area (Å²) in [6, 6.07) is 0. The van der Waals surface area contributed by atoms with Gasteiger partial charge in [0.1, 0.15) is 0 Å². The summed E-state index contributed by atoms with van der Waals surface area (Å²) >= 11 is 0. The largest absolute Gasteiger partial charge is 0.466 e. The lowest BCUT2D eigenvalue weighted by molar-refractivity contribution is -0.151. The van der Waals surface area contributed by atoms with E-state index in [9.17, 15) is 4.79 Å². The topological polar surface area (TPSA) is 38.3 Å². The Morgan fingerprint density at radius 2 is 2.43 bits per heavy atom. The number of rotatable bonds is 2. The fourth-order valence-electron chi connectivity index (χ4n) is 3.02. The van der Waals surface area contributed by atoms with Crippen molar-refractivity contribution in [2.75, 3.05) is 19.7 Å². The molecule has 0 aromatic rings. The molecule has 1 aliphatic heterocycles. The number of carbonyl (C=O) groups is 1. The van der Waals surface area contributed by atoms with E-state index in [0.29, 0.717) is 6.61 Å². The lowest BCUT2D eigenvalue weighted by Gasteiger charge is -2.28. The van der Waals surface area contributed by atoms with Crippen LogP contribution in [-0.2, 0) is 9.53 Å². The van der Waals surface area contributed by atoms with E-state index in [1.807, 2.05) is 6.92 Å². The summed E-state index contributed by atoms with van der Waals surface area (Å²) in [6.45, 7) is 4.47. The van der Waals surface area contributed by atoms with Gasteiger partial charge in [0, 0.05) is 6.54 Å². The predicted molar refractivity (Wildman–Crippen MR) is 53.9 cm³/mol. The summed E-state index contributed by atoms with van der Waals surface area (Å²) in [4.78, 5) is 11.8. The Kier molecular flexibility index (Phi) is 2.77. The molecule has 1 N–H and O–H groups in total. The van der Waals surface area contributed by atoms with Crippen LogP contribution in [0, 0.1) is 11.3 Å². The molecule has 2 rings (SSSR count). The number of nitrogens with one attached hydrogen (secondary N) is 1. The van der Waals surface area contributed by atoms with E-state index in [2.05, 4.69) is 5.32 Å². The molecule has 1 spiro atoms. The first-order valence-electron chi connectivity index (χ1n) is 5.66. The van der Waals surface area contributed by atoms with Gasteiger partial charge in [-0.15, -0.1) is 0 Å². The molecule has 1 heterocycles. The maximum absolute atomic E-state index is 11.8. The Hall–Kier alpha value is -0.570. The lowest BCUT2D eigenvalue weighted by Crippen LogP contribution is -2.34. The molecule has 2 unspecified atom stereocenters. The zero-order chi connectivity index (χ0) is 10.0. The third-order valence-electron chi connectivity index (χ3n) is 3.75. The second-order valence-corrected chi connectivity index (χ2v) is 4.49. The molecule has 0 aromatic heterocycles. The van der Waals surface area contributed by atoms with Crippen molar-refractivity contribution in [1.29, 1.82) is 0 Å². The highest BCUT2D eigenvalue weighted by atomic mass is 16.5. The number of esters is 1. The molecule has 14 heavy (non-hydrogen) atoms. The molecule has 3 heteroatoms. The average molecular weight is 197 g/mol. The SMILES string of the molecule is CCOC(=O)C1CCCC12CCNC2. The van der Waals surface area contributed by atoms with Crippen LogP contribution in [0.15, 0.2) is 0 Å². The molecule has 0 bridgehead atoms. The first kappa shape index (κ1) is 9.97. The van der Waals surface area contributed by atoms with Gasteiger partial charge in [-0.3, -0.25) is 4.79 Å². The highest BCUT2D eigenvalue weighted by Crippen LogP contribution is 2.47. The maximum Gasteiger partial charge on any atom is 0.309 e. The minimum absolute atomic E-state index is 0.0358. The van der Waals surface area contributed by atoms with Crippen molar-refractivity contribution in [2.24, 2.45) is 11.3 Å². The molecule has 1 aliphatic carbocycles. The van der Waals surface area contributed by atoms with Crippen LogP contribution < -0.4 is 5.32 Å². The molecule has 0 radical (unpaired) electrons. The predicted octanol–water partition coefficient (Wildman–Crippen LogP) is 1.33. The van der Waals surface area contributed by atoms with Crippen LogP contribution in [0.25, 0.3) is 0 Å². The van der Waals surface area contributed by atoms with Crippen molar-refractivity contribution >= 4 is 5.97 Å². The first-order chi connectivity index (χ1) is 6.78. The van der Waals surface area contributed by atoms with E-state index in [-0.39, 0.29) is 17.3 Å². The summed E-state index contributed by atoms with van der Waals surface area (Å²) in [5, 5.41) is 3.37. The van der Waals surface area contributed by atoms with Crippen LogP contribution in [-0.4, -0.2) is 25.7 Å². The summed E-state index contributed by atoms with van der Waals surface area (Å²) in [6.07, 6.45) is 4.56. The average Bonchev–Trinajstić information content (AvgIpc) is 2.78. The van der Waals surface area contributed by atoms with Crippen LogP contribution >= 0.6 is 0 Å². The monoisotopic (exact) mass is 197 g/mol. The van der Waals surface area contributed by atoms with Gasteiger partial charge in [-0.05, 0) is 38.1 Å². The molecule has 3 nitrogen and oxygen atoms in total. The van der Waals surface area contributed by atoms with Gasteiger partial charge in [0.2, 0.25) is 0 Å². The van der Waals surface area contributed by atoms with E-state index in [4.69, 9.17) is 4.74 Å². The Bertz CT molecular complexity index is 216. The molecular weight excluding hydrogens is 178 g/mol. The molecular formula is C11H19NO2. The van der Waals surface area contributed by atoms with Gasteiger partial charge < -0.3 is 10.1 Å². The minimum Gasteiger partial charge on any atom is -0.466 e. The van der Waals surface area contributed by atoms with Crippen molar-refractivity contribution < 1.29 is 9.53 Å². The number of carbonyl (C=O) groups excluding carboxylic acids is 1. The molecule has 0 amide bonds. The van der Waals surface area contributed by atoms with Crippen molar-refractivity contribution in [1.82, 2.24) is 5.32 Å². The number of hydrogen-bond donors (Lipinski definition) is 1. The van der Waals surface area contributed by atoms with E-state index < -0.39 is 0 Å². The maximum atomic E-state index is 11.8. The van der Waals surface area contributed by atoms with Gasteiger partial charge in [0.15, 0.2) is 0 Å². The Balaban J connectivity index is 2.06. The van der Waals surface area contributed by atoms with Crippen LogP contribution in [0.2, 0.25) is 0 Å².